The topological polar surface area (TPSA) is 15.3 Å². The van der Waals surface area contributed by atoms with Crippen molar-refractivity contribution in [3.63, 3.8) is 0 Å². The minimum Gasteiger partial charge on any atom is -0.319 e. The second-order valence-electron chi connectivity index (χ2n) is 6.17. The van der Waals surface area contributed by atoms with Crippen LogP contribution in [0.5, 0.6) is 0 Å². The summed E-state index contributed by atoms with van der Waals surface area (Å²) in [6.07, 6.45) is 11.3. The fourth-order valence-corrected chi connectivity index (χ4v) is 3.45. The Bertz CT molecular complexity index is 195. The van der Waals surface area contributed by atoms with E-state index in [1.807, 2.05) is 0 Å². The van der Waals surface area contributed by atoms with Crippen molar-refractivity contribution < 1.29 is 0 Å². The van der Waals surface area contributed by atoms with Crippen molar-refractivity contribution in [1.82, 2.24) is 10.2 Å². The number of hydrogen-bond donors (Lipinski definition) is 1. The maximum atomic E-state index is 3.46. The zero-order valence-corrected chi connectivity index (χ0v) is 12.9. The lowest BCUT2D eigenvalue weighted by Crippen LogP contribution is -2.43. The van der Waals surface area contributed by atoms with Crippen molar-refractivity contribution >= 4 is 0 Å². The van der Waals surface area contributed by atoms with Crippen molar-refractivity contribution in [1.29, 1.82) is 0 Å². The fraction of sp³-hybridized carbons (Fsp3) is 1.00. The van der Waals surface area contributed by atoms with Crippen LogP contribution < -0.4 is 5.32 Å². The first-order chi connectivity index (χ1) is 8.76. The SMILES string of the molecule is CCCCN(CC)CC1(CNC)CCCCCC1. The largest absolute Gasteiger partial charge is 0.319 e. The monoisotopic (exact) mass is 254 g/mol. The van der Waals surface area contributed by atoms with E-state index in [0.717, 1.165) is 0 Å². The van der Waals surface area contributed by atoms with Gasteiger partial charge in [0, 0.05) is 13.1 Å². The van der Waals surface area contributed by atoms with E-state index < -0.39 is 0 Å². The van der Waals surface area contributed by atoms with Crippen LogP contribution in [0.15, 0.2) is 0 Å². The highest BCUT2D eigenvalue weighted by Gasteiger charge is 2.31. The van der Waals surface area contributed by atoms with Crippen LogP contribution in [0.1, 0.15) is 65.2 Å². The summed E-state index contributed by atoms with van der Waals surface area (Å²) in [5.41, 5.74) is 0.551. The molecule has 1 saturated carbocycles. The number of hydrogen-bond acceptors (Lipinski definition) is 2. The third-order valence-electron chi connectivity index (χ3n) is 4.55. The summed E-state index contributed by atoms with van der Waals surface area (Å²) in [5, 5.41) is 3.46. The van der Waals surface area contributed by atoms with Gasteiger partial charge in [-0.2, -0.15) is 0 Å². The molecule has 0 atom stereocenters. The van der Waals surface area contributed by atoms with E-state index in [9.17, 15) is 0 Å². The van der Waals surface area contributed by atoms with Gasteiger partial charge in [-0.3, -0.25) is 0 Å². The Morgan fingerprint density at radius 2 is 1.72 bits per heavy atom. The molecule has 108 valence electrons. The van der Waals surface area contributed by atoms with Crippen molar-refractivity contribution in [2.75, 3.05) is 33.2 Å². The zero-order valence-electron chi connectivity index (χ0n) is 12.9. The Morgan fingerprint density at radius 3 is 2.22 bits per heavy atom. The van der Waals surface area contributed by atoms with E-state index in [-0.39, 0.29) is 0 Å². The maximum absolute atomic E-state index is 3.46. The predicted octanol–water partition coefficient (Wildman–Crippen LogP) is 3.67. The predicted molar refractivity (Wildman–Crippen MR) is 81.1 cm³/mol. The normalized spacial score (nSPS) is 20.0. The van der Waals surface area contributed by atoms with Gasteiger partial charge in [0.25, 0.3) is 0 Å². The molecule has 0 heterocycles. The molecule has 18 heavy (non-hydrogen) atoms. The van der Waals surface area contributed by atoms with Gasteiger partial charge in [0.15, 0.2) is 0 Å². The molecule has 0 spiro atoms. The highest BCUT2D eigenvalue weighted by atomic mass is 15.1. The van der Waals surface area contributed by atoms with Crippen molar-refractivity contribution in [3.8, 4) is 0 Å². The highest BCUT2D eigenvalue weighted by molar-refractivity contribution is 4.86. The summed E-state index contributed by atoms with van der Waals surface area (Å²) >= 11 is 0. The molecular weight excluding hydrogens is 220 g/mol. The van der Waals surface area contributed by atoms with Gasteiger partial charge in [-0.15, -0.1) is 0 Å². The van der Waals surface area contributed by atoms with Gasteiger partial charge < -0.3 is 10.2 Å². The van der Waals surface area contributed by atoms with Crippen LogP contribution in [0.4, 0.5) is 0 Å². The summed E-state index contributed by atoms with van der Waals surface area (Å²) in [6.45, 7) is 9.63. The molecule has 1 fully saturated rings. The van der Waals surface area contributed by atoms with Gasteiger partial charge in [0.05, 0.1) is 0 Å². The molecule has 0 aromatic heterocycles. The van der Waals surface area contributed by atoms with Gasteiger partial charge in [-0.25, -0.2) is 0 Å². The summed E-state index contributed by atoms with van der Waals surface area (Å²) in [6, 6.07) is 0. The molecule has 0 saturated heterocycles. The van der Waals surface area contributed by atoms with Crippen LogP contribution >= 0.6 is 0 Å². The molecule has 1 aliphatic carbocycles. The van der Waals surface area contributed by atoms with Gasteiger partial charge in [0.1, 0.15) is 0 Å². The first-order valence-electron chi connectivity index (χ1n) is 8.13. The lowest BCUT2D eigenvalue weighted by molar-refractivity contribution is 0.131. The molecule has 0 unspecified atom stereocenters. The summed E-state index contributed by atoms with van der Waals surface area (Å²) in [5.74, 6) is 0. The Kier molecular flexibility index (Phi) is 7.92. The molecule has 1 aliphatic rings. The van der Waals surface area contributed by atoms with Gasteiger partial charge in [-0.1, -0.05) is 46.0 Å². The van der Waals surface area contributed by atoms with Crippen LogP contribution in [0, 0.1) is 5.41 Å². The standard InChI is InChI=1S/C16H34N2/c1-4-6-13-18(5-2)15-16(14-17-3)11-9-7-8-10-12-16/h17H,4-15H2,1-3H3. The van der Waals surface area contributed by atoms with Crippen LogP contribution in [-0.4, -0.2) is 38.1 Å². The molecule has 2 nitrogen and oxygen atoms in total. The van der Waals surface area contributed by atoms with E-state index in [4.69, 9.17) is 0 Å². The maximum Gasteiger partial charge on any atom is 0.00500 e. The number of rotatable bonds is 8. The molecule has 0 aliphatic heterocycles. The third-order valence-corrected chi connectivity index (χ3v) is 4.55. The minimum atomic E-state index is 0.551. The second kappa shape index (κ2) is 8.92. The van der Waals surface area contributed by atoms with Crippen molar-refractivity contribution in [2.45, 2.75) is 65.2 Å². The van der Waals surface area contributed by atoms with E-state index in [2.05, 4.69) is 31.1 Å². The summed E-state index contributed by atoms with van der Waals surface area (Å²) in [4.78, 5) is 2.69. The Hall–Kier alpha value is -0.0800. The lowest BCUT2D eigenvalue weighted by atomic mass is 9.79. The molecule has 0 aromatic rings. The minimum absolute atomic E-state index is 0.551. The molecule has 2 heteroatoms. The van der Waals surface area contributed by atoms with Gasteiger partial charge in [-0.05, 0) is 44.8 Å². The van der Waals surface area contributed by atoms with Crippen LogP contribution in [0.25, 0.3) is 0 Å². The van der Waals surface area contributed by atoms with Crippen LogP contribution in [0.2, 0.25) is 0 Å². The molecule has 1 rings (SSSR count). The van der Waals surface area contributed by atoms with Crippen molar-refractivity contribution in [3.05, 3.63) is 0 Å². The number of unbranched alkanes of at least 4 members (excludes halogenated alkanes) is 1. The summed E-state index contributed by atoms with van der Waals surface area (Å²) in [7, 11) is 2.12. The molecule has 0 bridgehead atoms. The molecular formula is C16H34N2. The summed E-state index contributed by atoms with van der Waals surface area (Å²) < 4.78 is 0. The van der Waals surface area contributed by atoms with E-state index in [1.54, 1.807) is 0 Å². The Morgan fingerprint density at radius 1 is 1.06 bits per heavy atom. The lowest BCUT2D eigenvalue weighted by Gasteiger charge is -2.38. The van der Waals surface area contributed by atoms with Crippen LogP contribution in [0.3, 0.4) is 0 Å². The van der Waals surface area contributed by atoms with E-state index >= 15 is 0 Å². The molecule has 0 aromatic carbocycles. The van der Waals surface area contributed by atoms with E-state index in [1.165, 1.54) is 77.5 Å². The number of nitrogens with zero attached hydrogens (tertiary/aromatic N) is 1. The first-order valence-corrected chi connectivity index (χ1v) is 8.13. The van der Waals surface area contributed by atoms with Crippen molar-refractivity contribution in [2.24, 2.45) is 5.41 Å². The molecule has 1 N–H and O–H groups in total. The number of nitrogens with one attached hydrogen (secondary N) is 1. The molecule has 0 radical (unpaired) electrons. The second-order valence-corrected chi connectivity index (χ2v) is 6.17. The molecule has 0 amide bonds. The van der Waals surface area contributed by atoms with Gasteiger partial charge in [0.2, 0.25) is 0 Å². The average molecular weight is 254 g/mol. The zero-order chi connectivity index (χ0) is 13.3. The Labute approximate surface area is 115 Å². The van der Waals surface area contributed by atoms with E-state index in [0.29, 0.717) is 5.41 Å². The Balaban J connectivity index is 2.57. The smallest absolute Gasteiger partial charge is 0.00500 e. The fourth-order valence-electron chi connectivity index (χ4n) is 3.45. The first kappa shape index (κ1) is 16.0. The van der Waals surface area contributed by atoms with Gasteiger partial charge >= 0.3 is 0 Å². The highest BCUT2D eigenvalue weighted by Crippen LogP contribution is 2.35. The average Bonchev–Trinajstić information content (AvgIpc) is 2.61. The quantitative estimate of drug-likeness (QED) is 0.665. The third kappa shape index (κ3) is 5.27. The van der Waals surface area contributed by atoms with Crippen LogP contribution in [-0.2, 0) is 0 Å².